The summed E-state index contributed by atoms with van der Waals surface area (Å²) in [5, 5.41) is 6.38. The lowest BCUT2D eigenvalue weighted by atomic mass is 9.91. The van der Waals surface area contributed by atoms with Crippen LogP contribution < -0.4 is 10.6 Å². The molecule has 1 amide bonds. The molecular weight excluding hydrogens is 226 g/mol. The van der Waals surface area contributed by atoms with Crippen molar-refractivity contribution < 1.29 is 4.79 Å². The van der Waals surface area contributed by atoms with Gasteiger partial charge in [-0.2, -0.15) is 0 Å². The molecule has 0 spiro atoms. The van der Waals surface area contributed by atoms with Gasteiger partial charge in [-0.1, -0.05) is 19.4 Å². The van der Waals surface area contributed by atoms with E-state index < -0.39 is 0 Å². The smallest absolute Gasteiger partial charge is 0.240 e. The van der Waals surface area contributed by atoms with Gasteiger partial charge in [0, 0.05) is 6.20 Å². The maximum absolute atomic E-state index is 12.3. The van der Waals surface area contributed by atoms with E-state index >= 15 is 0 Å². The Morgan fingerprint density at radius 1 is 1.56 bits per heavy atom. The van der Waals surface area contributed by atoms with E-state index in [1.54, 1.807) is 6.20 Å². The molecule has 2 rings (SSSR count). The van der Waals surface area contributed by atoms with E-state index in [1.807, 2.05) is 18.2 Å². The molecule has 1 unspecified atom stereocenters. The van der Waals surface area contributed by atoms with Gasteiger partial charge < -0.3 is 10.6 Å². The molecule has 4 heteroatoms. The zero-order valence-corrected chi connectivity index (χ0v) is 10.9. The van der Waals surface area contributed by atoms with E-state index in [0.717, 1.165) is 37.9 Å². The molecule has 1 aliphatic rings. The van der Waals surface area contributed by atoms with Crippen molar-refractivity contribution in [3.63, 3.8) is 0 Å². The van der Waals surface area contributed by atoms with Crippen molar-refractivity contribution >= 4 is 5.91 Å². The summed E-state index contributed by atoms with van der Waals surface area (Å²) in [6.45, 7) is 3.57. The van der Waals surface area contributed by atoms with Crippen molar-refractivity contribution in [1.82, 2.24) is 15.6 Å². The van der Waals surface area contributed by atoms with E-state index in [1.165, 1.54) is 0 Å². The molecule has 98 valence electrons. The third kappa shape index (κ3) is 2.88. The second-order valence-corrected chi connectivity index (χ2v) is 4.87. The van der Waals surface area contributed by atoms with Crippen molar-refractivity contribution in [2.45, 2.75) is 44.7 Å². The molecule has 4 nitrogen and oxygen atoms in total. The van der Waals surface area contributed by atoms with Crippen LogP contribution in [-0.4, -0.2) is 23.0 Å². The van der Waals surface area contributed by atoms with Gasteiger partial charge in [-0.15, -0.1) is 0 Å². The minimum atomic E-state index is -0.344. The lowest BCUT2D eigenvalue weighted by molar-refractivity contribution is -0.127. The van der Waals surface area contributed by atoms with Gasteiger partial charge in [0.25, 0.3) is 0 Å². The highest BCUT2D eigenvalue weighted by molar-refractivity contribution is 5.86. The molecular formula is C14H21N3O. The fourth-order valence-electron chi connectivity index (χ4n) is 2.60. The maximum Gasteiger partial charge on any atom is 0.240 e. The number of hydrogen-bond acceptors (Lipinski definition) is 3. The molecule has 1 fully saturated rings. The van der Waals surface area contributed by atoms with Gasteiger partial charge in [-0.25, -0.2) is 0 Å². The monoisotopic (exact) mass is 247 g/mol. The van der Waals surface area contributed by atoms with Gasteiger partial charge in [0.15, 0.2) is 0 Å². The summed E-state index contributed by atoms with van der Waals surface area (Å²) in [6, 6.07) is 5.74. The lowest BCUT2D eigenvalue weighted by Gasteiger charge is -2.27. The highest BCUT2D eigenvalue weighted by atomic mass is 16.2. The Kier molecular flexibility index (Phi) is 4.31. The molecule has 1 aromatic rings. The van der Waals surface area contributed by atoms with Gasteiger partial charge in [0.1, 0.15) is 0 Å². The standard InChI is InChI=1S/C14H21N3O/c1-2-7-14(8-5-10-17-14)13(18)16-11-12-6-3-4-9-15-12/h3-4,6,9,17H,2,5,7-8,10-11H2,1H3,(H,16,18). The van der Waals surface area contributed by atoms with E-state index in [0.29, 0.717) is 6.54 Å². The number of aromatic nitrogens is 1. The predicted molar refractivity (Wildman–Crippen MR) is 71.0 cm³/mol. The van der Waals surface area contributed by atoms with Crippen LogP contribution in [0.2, 0.25) is 0 Å². The minimum Gasteiger partial charge on any atom is -0.349 e. The first-order chi connectivity index (χ1) is 8.77. The van der Waals surface area contributed by atoms with E-state index in [9.17, 15) is 4.79 Å². The molecule has 2 heterocycles. The van der Waals surface area contributed by atoms with E-state index in [-0.39, 0.29) is 11.4 Å². The first-order valence-electron chi connectivity index (χ1n) is 6.70. The van der Waals surface area contributed by atoms with Crippen LogP contribution in [0.5, 0.6) is 0 Å². The molecule has 0 saturated carbocycles. The lowest BCUT2D eigenvalue weighted by Crippen LogP contribution is -2.53. The van der Waals surface area contributed by atoms with Crippen LogP contribution in [0.4, 0.5) is 0 Å². The topological polar surface area (TPSA) is 54.0 Å². The summed E-state index contributed by atoms with van der Waals surface area (Å²) in [6.07, 6.45) is 5.69. The number of pyridine rings is 1. The normalized spacial score (nSPS) is 22.9. The number of carbonyl (C=O) groups excluding carboxylic acids is 1. The highest BCUT2D eigenvalue weighted by Crippen LogP contribution is 2.24. The van der Waals surface area contributed by atoms with Crippen molar-refractivity contribution in [3.8, 4) is 0 Å². The number of hydrogen-bond donors (Lipinski definition) is 2. The molecule has 0 aliphatic carbocycles. The maximum atomic E-state index is 12.3. The van der Waals surface area contributed by atoms with Crippen molar-refractivity contribution in [2.24, 2.45) is 0 Å². The SMILES string of the molecule is CCCC1(C(=O)NCc2ccccn2)CCCN1. The zero-order chi connectivity index (χ0) is 12.8. The van der Waals surface area contributed by atoms with Gasteiger partial charge in [0.2, 0.25) is 5.91 Å². The highest BCUT2D eigenvalue weighted by Gasteiger charge is 2.39. The average Bonchev–Trinajstić information content (AvgIpc) is 2.87. The molecule has 18 heavy (non-hydrogen) atoms. The molecule has 0 radical (unpaired) electrons. The molecule has 0 bridgehead atoms. The van der Waals surface area contributed by atoms with E-state index in [2.05, 4.69) is 22.5 Å². The Labute approximate surface area is 108 Å². The predicted octanol–water partition coefficient (Wildman–Crippen LogP) is 1.62. The molecule has 1 aliphatic heterocycles. The number of rotatable bonds is 5. The van der Waals surface area contributed by atoms with Crippen LogP contribution in [0.15, 0.2) is 24.4 Å². The molecule has 1 atom stereocenters. The third-order valence-electron chi connectivity index (χ3n) is 3.51. The van der Waals surface area contributed by atoms with Crippen molar-refractivity contribution in [2.75, 3.05) is 6.54 Å². The van der Waals surface area contributed by atoms with Crippen molar-refractivity contribution in [1.29, 1.82) is 0 Å². The first-order valence-corrected chi connectivity index (χ1v) is 6.70. The first kappa shape index (κ1) is 13.0. The van der Waals surface area contributed by atoms with Crippen LogP contribution in [0, 0.1) is 0 Å². The Balaban J connectivity index is 1.94. The van der Waals surface area contributed by atoms with Crippen LogP contribution >= 0.6 is 0 Å². The number of nitrogens with zero attached hydrogens (tertiary/aromatic N) is 1. The zero-order valence-electron chi connectivity index (χ0n) is 10.9. The molecule has 2 N–H and O–H groups in total. The Hall–Kier alpha value is -1.42. The van der Waals surface area contributed by atoms with Crippen LogP contribution in [0.3, 0.4) is 0 Å². The molecule has 1 aromatic heterocycles. The number of amides is 1. The molecule has 0 aromatic carbocycles. The number of nitrogens with one attached hydrogen (secondary N) is 2. The van der Waals surface area contributed by atoms with Crippen molar-refractivity contribution in [3.05, 3.63) is 30.1 Å². The van der Waals surface area contributed by atoms with E-state index in [4.69, 9.17) is 0 Å². The number of carbonyl (C=O) groups is 1. The largest absolute Gasteiger partial charge is 0.349 e. The van der Waals surface area contributed by atoms with Gasteiger partial charge in [-0.3, -0.25) is 9.78 Å². The Morgan fingerprint density at radius 3 is 3.06 bits per heavy atom. The van der Waals surface area contributed by atoms with Gasteiger partial charge >= 0.3 is 0 Å². The Bertz CT molecular complexity index is 385. The summed E-state index contributed by atoms with van der Waals surface area (Å²) in [4.78, 5) is 16.5. The van der Waals surface area contributed by atoms with Gasteiger partial charge in [0.05, 0.1) is 17.8 Å². The fraction of sp³-hybridized carbons (Fsp3) is 0.571. The summed E-state index contributed by atoms with van der Waals surface area (Å²) < 4.78 is 0. The summed E-state index contributed by atoms with van der Waals surface area (Å²) in [7, 11) is 0. The average molecular weight is 247 g/mol. The van der Waals surface area contributed by atoms with Crippen LogP contribution in [-0.2, 0) is 11.3 Å². The van der Waals surface area contributed by atoms with Crippen LogP contribution in [0.25, 0.3) is 0 Å². The van der Waals surface area contributed by atoms with Crippen LogP contribution in [0.1, 0.15) is 38.3 Å². The summed E-state index contributed by atoms with van der Waals surface area (Å²) in [5.41, 5.74) is 0.555. The summed E-state index contributed by atoms with van der Waals surface area (Å²) in [5.74, 6) is 0.118. The van der Waals surface area contributed by atoms with Gasteiger partial charge in [-0.05, 0) is 37.9 Å². The Morgan fingerprint density at radius 2 is 2.44 bits per heavy atom. The second kappa shape index (κ2) is 5.96. The third-order valence-corrected chi connectivity index (χ3v) is 3.51. The quantitative estimate of drug-likeness (QED) is 0.831. The minimum absolute atomic E-state index is 0.118. The summed E-state index contributed by atoms with van der Waals surface area (Å²) >= 11 is 0. The fourth-order valence-corrected chi connectivity index (χ4v) is 2.60. The molecule has 1 saturated heterocycles. The second-order valence-electron chi connectivity index (χ2n) is 4.87.